The van der Waals surface area contributed by atoms with E-state index in [0.29, 0.717) is 11.1 Å². The summed E-state index contributed by atoms with van der Waals surface area (Å²) in [5.41, 5.74) is 0.562. The van der Waals surface area contributed by atoms with E-state index < -0.39 is 46.1 Å². The number of benzene rings is 4. The number of hydrogen-bond acceptors (Lipinski definition) is 8. The number of carbonyl (C=O) groups is 4. The second-order valence-electron chi connectivity index (χ2n) is 8.55. The molecule has 4 aromatic carbocycles. The van der Waals surface area contributed by atoms with Gasteiger partial charge in [0.1, 0.15) is 0 Å². The van der Waals surface area contributed by atoms with Crippen molar-refractivity contribution in [3.8, 4) is 34.1 Å². The fourth-order valence-electron chi connectivity index (χ4n) is 4.78. The van der Waals surface area contributed by atoms with Crippen molar-refractivity contribution in [2.24, 2.45) is 0 Å². The molecule has 8 heteroatoms. The van der Waals surface area contributed by atoms with Gasteiger partial charge in [-0.05, 0) is 59.7 Å². The van der Waals surface area contributed by atoms with Crippen LogP contribution in [0.4, 0.5) is 0 Å². The summed E-state index contributed by atoms with van der Waals surface area (Å²) in [7, 11) is 0. The van der Waals surface area contributed by atoms with Gasteiger partial charge in [0.2, 0.25) is 0 Å². The minimum atomic E-state index is -0.679. The fourth-order valence-corrected chi connectivity index (χ4v) is 4.78. The zero-order chi connectivity index (χ0) is 25.5. The molecular formula is C28H14O8. The molecule has 2 aliphatic rings. The summed E-state index contributed by atoms with van der Waals surface area (Å²) in [5.74, 6) is -4.67. The van der Waals surface area contributed by atoms with Crippen LogP contribution in [0.2, 0.25) is 0 Å². The number of ketones is 4. The van der Waals surface area contributed by atoms with Gasteiger partial charge in [0.25, 0.3) is 0 Å². The molecular weight excluding hydrogens is 464 g/mol. The van der Waals surface area contributed by atoms with Crippen LogP contribution in [0.5, 0.6) is 23.0 Å². The maximum Gasteiger partial charge on any atom is 0.198 e. The van der Waals surface area contributed by atoms with Crippen molar-refractivity contribution in [2.45, 2.75) is 0 Å². The second-order valence-corrected chi connectivity index (χ2v) is 8.55. The van der Waals surface area contributed by atoms with Crippen LogP contribution in [0.1, 0.15) is 63.7 Å². The smallest absolute Gasteiger partial charge is 0.198 e. The third-order valence-electron chi connectivity index (χ3n) is 6.61. The van der Waals surface area contributed by atoms with Crippen LogP contribution in [0, 0.1) is 0 Å². The molecule has 0 aromatic heterocycles. The number of rotatable bonds is 1. The molecule has 174 valence electrons. The molecule has 0 saturated heterocycles. The van der Waals surface area contributed by atoms with E-state index in [0.717, 1.165) is 12.1 Å². The van der Waals surface area contributed by atoms with E-state index in [2.05, 4.69) is 0 Å². The summed E-state index contributed by atoms with van der Waals surface area (Å²) in [6.07, 6.45) is 0. The van der Waals surface area contributed by atoms with Crippen LogP contribution in [-0.4, -0.2) is 43.6 Å². The first-order chi connectivity index (χ1) is 17.2. The SMILES string of the molecule is O=C1c2ccc(-c3ccc4c(c3)C(=O)c3c(ccc(O)c3O)C4=O)cc2C(=O)c2c1ccc(O)c2O. The van der Waals surface area contributed by atoms with Crippen molar-refractivity contribution in [2.75, 3.05) is 0 Å². The number of phenolic OH excluding ortho intramolecular Hbond substituents is 4. The number of phenols is 4. The molecule has 0 amide bonds. The molecule has 2 aliphatic carbocycles. The number of hydrogen-bond donors (Lipinski definition) is 4. The Morgan fingerprint density at radius 1 is 0.389 bits per heavy atom. The molecule has 0 heterocycles. The third kappa shape index (κ3) is 2.69. The molecule has 6 rings (SSSR count). The fraction of sp³-hybridized carbons (Fsp3) is 0. The molecule has 36 heavy (non-hydrogen) atoms. The van der Waals surface area contributed by atoms with E-state index in [1.165, 1.54) is 36.4 Å². The largest absolute Gasteiger partial charge is 0.504 e. The molecule has 0 fully saturated rings. The van der Waals surface area contributed by atoms with E-state index in [-0.39, 0.29) is 44.5 Å². The lowest BCUT2D eigenvalue weighted by Gasteiger charge is -2.21. The zero-order valence-electron chi connectivity index (χ0n) is 18.2. The van der Waals surface area contributed by atoms with Crippen molar-refractivity contribution in [1.82, 2.24) is 0 Å². The summed E-state index contributed by atoms with van der Waals surface area (Å²) < 4.78 is 0. The summed E-state index contributed by atoms with van der Waals surface area (Å²) in [5, 5.41) is 40.1. The van der Waals surface area contributed by atoms with Crippen LogP contribution < -0.4 is 0 Å². The van der Waals surface area contributed by atoms with Gasteiger partial charge >= 0.3 is 0 Å². The predicted molar refractivity (Wildman–Crippen MR) is 125 cm³/mol. The lowest BCUT2D eigenvalue weighted by Crippen LogP contribution is -2.21. The highest BCUT2D eigenvalue weighted by molar-refractivity contribution is 6.31. The van der Waals surface area contributed by atoms with E-state index in [1.54, 1.807) is 12.1 Å². The molecule has 4 N–H and O–H groups in total. The van der Waals surface area contributed by atoms with Crippen molar-refractivity contribution in [3.05, 3.63) is 105 Å². The maximum atomic E-state index is 13.2. The normalized spacial score (nSPS) is 13.7. The minimum Gasteiger partial charge on any atom is -0.504 e. The Balaban J connectivity index is 1.48. The average molecular weight is 478 g/mol. The van der Waals surface area contributed by atoms with Gasteiger partial charge in [0, 0.05) is 33.4 Å². The summed E-state index contributed by atoms with van der Waals surface area (Å²) in [6.45, 7) is 0. The van der Waals surface area contributed by atoms with E-state index in [9.17, 15) is 39.6 Å². The monoisotopic (exact) mass is 478 g/mol. The van der Waals surface area contributed by atoms with Gasteiger partial charge in [-0.25, -0.2) is 0 Å². The molecule has 0 saturated carbocycles. The molecule has 0 radical (unpaired) electrons. The Bertz CT molecular complexity index is 1620. The number of aromatic hydroxyl groups is 4. The molecule has 0 unspecified atom stereocenters. The maximum absolute atomic E-state index is 13.2. The van der Waals surface area contributed by atoms with Crippen molar-refractivity contribution < 1.29 is 39.6 Å². The second kappa shape index (κ2) is 7.13. The van der Waals surface area contributed by atoms with Crippen LogP contribution in [0.3, 0.4) is 0 Å². The summed E-state index contributed by atoms with van der Waals surface area (Å²) >= 11 is 0. The topological polar surface area (TPSA) is 149 Å². The average Bonchev–Trinajstić information content (AvgIpc) is 2.88. The molecule has 0 bridgehead atoms. The highest BCUT2D eigenvalue weighted by Gasteiger charge is 2.35. The van der Waals surface area contributed by atoms with Crippen LogP contribution >= 0.6 is 0 Å². The van der Waals surface area contributed by atoms with E-state index >= 15 is 0 Å². The Morgan fingerprint density at radius 3 is 1.14 bits per heavy atom. The van der Waals surface area contributed by atoms with E-state index in [4.69, 9.17) is 0 Å². The lowest BCUT2D eigenvalue weighted by molar-refractivity contribution is 0.0976. The van der Waals surface area contributed by atoms with Gasteiger partial charge < -0.3 is 20.4 Å². The minimum absolute atomic E-state index is 0.0129. The van der Waals surface area contributed by atoms with Crippen LogP contribution in [0.25, 0.3) is 11.1 Å². The number of fused-ring (bicyclic) bond motifs is 4. The van der Waals surface area contributed by atoms with Crippen molar-refractivity contribution in [3.63, 3.8) is 0 Å². The van der Waals surface area contributed by atoms with E-state index in [1.807, 2.05) is 0 Å². The lowest BCUT2D eigenvalue weighted by atomic mass is 9.80. The predicted octanol–water partition coefficient (Wildman–Crippen LogP) is 3.73. The Morgan fingerprint density at radius 2 is 0.750 bits per heavy atom. The van der Waals surface area contributed by atoms with Gasteiger partial charge in [-0.1, -0.05) is 12.1 Å². The van der Waals surface area contributed by atoms with Crippen LogP contribution in [0.15, 0.2) is 60.7 Å². The summed E-state index contributed by atoms with van der Waals surface area (Å²) in [6, 6.07) is 13.8. The summed E-state index contributed by atoms with van der Waals surface area (Å²) in [4.78, 5) is 52.2. The Labute approximate surface area is 202 Å². The van der Waals surface area contributed by atoms with Gasteiger partial charge in [0.05, 0.1) is 11.1 Å². The molecule has 4 aromatic rings. The zero-order valence-corrected chi connectivity index (χ0v) is 18.2. The first-order valence-electron chi connectivity index (χ1n) is 10.8. The standard InChI is InChI=1S/C28H14O8/c29-19-7-5-15-21(27(19)35)25(33)17-9-11(1-3-13(17)23(15)31)12-2-4-14-18(10-12)26(34)22-16(24(14)32)6-8-20(30)28(22)36/h1-10,29-30,35-36H. The van der Waals surface area contributed by atoms with Gasteiger partial charge in [-0.2, -0.15) is 0 Å². The molecule has 0 aliphatic heterocycles. The Kier molecular flexibility index (Phi) is 4.22. The van der Waals surface area contributed by atoms with Crippen LogP contribution in [-0.2, 0) is 0 Å². The van der Waals surface area contributed by atoms with Crippen molar-refractivity contribution in [1.29, 1.82) is 0 Å². The quantitative estimate of drug-likeness (QED) is 0.261. The van der Waals surface area contributed by atoms with Gasteiger partial charge in [0.15, 0.2) is 46.1 Å². The van der Waals surface area contributed by atoms with Crippen molar-refractivity contribution >= 4 is 23.1 Å². The van der Waals surface area contributed by atoms with Gasteiger partial charge in [-0.3, -0.25) is 19.2 Å². The number of carbonyl (C=O) groups excluding carboxylic acids is 4. The first-order valence-corrected chi connectivity index (χ1v) is 10.8. The molecule has 0 atom stereocenters. The highest BCUT2D eigenvalue weighted by Crippen LogP contribution is 2.41. The van der Waals surface area contributed by atoms with Gasteiger partial charge in [-0.15, -0.1) is 0 Å². The third-order valence-corrected chi connectivity index (χ3v) is 6.61. The highest BCUT2D eigenvalue weighted by atomic mass is 16.3. The molecule has 8 nitrogen and oxygen atoms in total. The molecule has 0 spiro atoms. The Hall–Kier alpha value is -5.24. The first kappa shape index (κ1) is 21.3.